The molecule has 48 heavy (non-hydrogen) atoms. The number of aliphatic hydroxyl groups is 1. The Morgan fingerprint density at radius 3 is 2.48 bits per heavy atom. The van der Waals surface area contributed by atoms with Crippen LogP contribution in [0.2, 0.25) is 0 Å². The second kappa shape index (κ2) is 13.3. The van der Waals surface area contributed by atoms with Crippen molar-refractivity contribution in [1.29, 1.82) is 0 Å². The van der Waals surface area contributed by atoms with Crippen molar-refractivity contribution in [3.05, 3.63) is 89.5 Å². The van der Waals surface area contributed by atoms with Gasteiger partial charge in [-0.3, -0.25) is 19.2 Å². The maximum atomic E-state index is 15.1. The van der Waals surface area contributed by atoms with E-state index in [-0.39, 0.29) is 37.3 Å². The number of rotatable bonds is 5. The van der Waals surface area contributed by atoms with E-state index in [2.05, 4.69) is 5.32 Å². The van der Waals surface area contributed by atoms with E-state index in [1.54, 1.807) is 24.0 Å². The van der Waals surface area contributed by atoms with Gasteiger partial charge in [-0.05, 0) is 55.9 Å². The summed E-state index contributed by atoms with van der Waals surface area (Å²) in [6.45, 7) is 9.27. The first-order chi connectivity index (χ1) is 23.0. The first kappa shape index (κ1) is 33.6. The van der Waals surface area contributed by atoms with E-state index in [9.17, 15) is 19.5 Å². The molecular formula is C38H45N3O7. The van der Waals surface area contributed by atoms with Gasteiger partial charge in [0, 0.05) is 18.7 Å². The Bertz CT molecular complexity index is 1640. The third-order valence-electron chi connectivity index (χ3n) is 10.3. The van der Waals surface area contributed by atoms with E-state index in [0.29, 0.717) is 17.7 Å². The zero-order valence-corrected chi connectivity index (χ0v) is 28.2. The fraction of sp³-hybridized carbons (Fsp3) is 0.474. The van der Waals surface area contributed by atoms with Crippen LogP contribution in [0.3, 0.4) is 0 Å². The fourth-order valence-corrected chi connectivity index (χ4v) is 7.82. The van der Waals surface area contributed by atoms with Crippen molar-refractivity contribution in [3.63, 3.8) is 0 Å². The van der Waals surface area contributed by atoms with Crippen molar-refractivity contribution in [2.75, 3.05) is 18.1 Å². The highest BCUT2D eigenvalue weighted by Gasteiger charge is 2.74. The molecule has 254 valence electrons. The van der Waals surface area contributed by atoms with Crippen LogP contribution in [0, 0.1) is 31.6 Å². The smallest absolute Gasteiger partial charge is 0.313 e. The van der Waals surface area contributed by atoms with Gasteiger partial charge in [0.2, 0.25) is 11.8 Å². The SMILES string of the molecule is Cc1ccc(C)c(N2C/C=C\CCC(=O)N[C@@H](C)[C@H](c3ccccc3)OC(=O)[C@@H]3[C@H]4C(=O)N([C@@H](CO)C(C)C)[C@H](C2=O)[C@]42C=C[C@H]3O2)c1. The molecule has 0 unspecified atom stereocenters. The standard InChI is InChI=1S/C38H45N3O7/c1-22(2)28(21-42)41-34-36(45)40(27-20-23(3)15-16-24(27)4)19-11-7-10-14-30(43)39-25(5)33(26-12-8-6-9-13-26)47-37(46)31-29-17-18-38(34,48-29)32(31)35(41)44/h6-9,11-13,15-18,20,22,25,28-29,31-34,42H,10,14,19,21H2,1-5H3,(H,39,43)/b11-7-/t25-,28-,29+,31-,32-,33+,34+,38-/m0/s1. The summed E-state index contributed by atoms with van der Waals surface area (Å²) in [5.41, 5.74) is 1.77. The molecule has 5 bridgehead atoms. The fourth-order valence-electron chi connectivity index (χ4n) is 7.82. The number of benzene rings is 2. The summed E-state index contributed by atoms with van der Waals surface area (Å²) in [6, 6.07) is 12.6. The third-order valence-corrected chi connectivity index (χ3v) is 10.3. The number of cyclic esters (lactones) is 1. The van der Waals surface area contributed by atoms with Crippen molar-refractivity contribution in [3.8, 4) is 0 Å². The number of nitrogens with one attached hydrogen (secondary N) is 1. The van der Waals surface area contributed by atoms with Crippen LogP contribution in [0.4, 0.5) is 5.69 Å². The Kier molecular flexibility index (Phi) is 9.33. The van der Waals surface area contributed by atoms with E-state index < -0.39 is 59.6 Å². The first-order valence-electron chi connectivity index (χ1n) is 16.9. The summed E-state index contributed by atoms with van der Waals surface area (Å²) in [4.78, 5) is 60.3. The number of hydrogen-bond donors (Lipinski definition) is 2. The number of ether oxygens (including phenoxy) is 2. The number of amides is 3. The van der Waals surface area contributed by atoms with Crippen LogP contribution in [0.5, 0.6) is 0 Å². The van der Waals surface area contributed by atoms with E-state index in [4.69, 9.17) is 9.47 Å². The number of fused-ring (bicyclic) bond motifs is 2. The monoisotopic (exact) mass is 655 g/mol. The summed E-state index contributed by atoms with van der Waals surface area (Å²) in [7, 11) is 0. The van der Waals surface area contributed by atoms with Crippen molar-refractivity contribution in [2.24, 2.45) is 17.8 Å². The number of hydrogen-bond acceptors (Lipinski definition) is 7. The van der Waals surface area contributed by atoms with Crippen molar-refractivity contribution >= 4 is 29.4 Å². The first-order valence-corrected chi connectivity index (χ1v) is 16.9. The van der Waals surface area contributed by atoms with Crippen LogP contribution >= 0.6 is 0 Å². The van der Waals surface area contributed by atoms with Gasteiger partial charge < -0.3 is 29.7 Å². The quantitative estimate of drug-likeness (QED) is 0.369. The predicted octanol–water partition coefficient (Wildman–Crippen LogP) is 3.94. The van der Waals surface area contributed by atoms with Gasteiger partial charge >= 0.3 is 5.97 Å². The molecule has 10 heteroatoms. The molecule has 2 aromatic rings. The number of carbonyl (C=O) groups excluding carboxylic acids is 4. The molecule has 2 fully saturated rings. The molecule has 4 aliphatic rings. The molecular weight excluding hydrogens is 610 g/mol. The van der Waals surface area contributed by atoms with Gasteiger partial charge in [0.25, 0.3) is 5.91 Å². The van der Waals surface area contributed by atoms with Crippen LogP contribution < -0.4 is 10.2 Å². The van der Waals surface area contributed by atoms with E-state index >= 15 is 4.79 Å². The summed E-state index contributed by atoms with van der Waals surface area (Å²) < 4.78 is 12.8. The molecule has 3 amide bonds. The molecule has 0 radical (unpaired) electrons. The number of aliphatic hydroxyl groups excluding tert-OH is 1. The zero-order chi connectivity index (χ0) is 34.3. The normalized spacial score (nSPS) is 32.0. The molecule has 8 atom stereocenters. The lowest BCUT2D eigenvalue weighted by Gasteiger charge is -2.40. The highest BCUT2D eigenvalue weighted by Crippen LogP contribution is 2.56. The second-order valence-corrected chi connectivity index (χ2v) is 13.8. The van der Waals surface area contributed by atoms with E-state index in [1.807, 2.05) is 88.4 Å². The Labute approximate surface area is 281 Å². The molecule has 2 N–H and O–H groups in total. The molecule has 4 aliphatic heterocycles. The highest BCUT2D eigenvalue weighted by atomic mass is 16.6. The molecule has 4 heterocycles. The summed E-state index contributed by atoms with van der Waals surface area (Å²) in [5, 5.41) is 13.6. The summed E-state index contributed by atoms with van der Waals surface area (Å²) in [6.07, 6.45) is 6.27. The molecule has 10 nitrogen and oxygen atoms in total. The lowest BCUT2D eigenvalue weighted by molar-refractivity contribution is -0.161. The van der Waals surface area contributed by atoms with Gasteiger partial charge in [-0.2, -0.15) is 0 Å². The van der Waals surface area contributed by atoms with E-state index in [1.165, 1.54) is 4.90 Å². The molecule has 1 spiro atoms. The molecule has 6 rings (SSSR count). The Balaban J connectivity index is 1.50. The largest absolute Gasteiger partial charge is 0.455 e. The van der Waals surface area contributed by atoms with Crippen LogP contribution in [-0.4, -0.2) is 76.7 Å². The Morgan fingerprint density at radius 1 is 1.02 bits per heavy atom. The van der Waals surface area contributed by atoms with Crippen LogP contribution in [0.25, 0.3) is 0 Å². The van der Waals surface area contributed by atoms with Crippen molar-refractivity contribution in [2.45, 2.75) is 83.4 Å². The van der Waals surface area contributed by atoms with Gasteiger partial charge in [0.15, 0.2) is 0 Å². The topological polar surface area (TPSA) is 125 Å². The Hall–Kier alpha value is -4.28. The van der Waals surface area contributed by atoms with Crippen LogP contribution in [0.1, 0.15) is 56.4 Å². The van der Waals surface area contributed by atoms with Gasteiger partial charge in [-0.25, -0.2) is 0 Å². The number of likely N-dealkylation sites (tertiary alicyclic amines) is 1. The number of nitrogens with zero attached hydrogens (tertiary/aromatic N) is 2. The number of aryl methyl sites for hydroxylation is 2. The van der Waals surface area contributed by atoms with Crippen LogP contribution in [0.15, 0.2) is 72.8 Å². The minimum absolute atomic E-state index is 0.181. The Morgan fingerprint density at radius 2 is 1.77 bits per heavy atom. The van der Waals surface area contributed by atoms with Crippen molar-refractivity contribution < 1.29 is 33.8 Å². The van der Waals surface area contributed by atoms with Crippen molar-refractivity contribution in [1.82, 2.24) is 10.2 Å². The van der Waals surface area contributed by atoms with Gasteiger partial charge in [0.05, 0.1) is 30.7 Å². The minimum atomic E-state index is -1.44. The number of anilines is 1. The average Bonchev–Trinajstić information content (AvgIpc) is 3.70. The summed E-state index contributed by atoms with van der Waals surface area (Å²) in [5.74, 6) is -3.92. The zero-order valence-electron chi connectivity index (χ0n) is 28.2. The van der Waals surface area contributed by atoms with E-state index in [0.717, 1.165) is 11.1 Å². The number of carbonyl (C=O) groups is 4. The highest BCUT2D eigenvalue weighted by molar-refractivity contribution is 6.06. The summed E-state index contributed by atoms with van der Waals surface area (Å²) >= 11 is 0. The minimum Gasteiger partial charge on any atom is -0.455 e. The molecule has 0 saturated carbocycles. The lowest BCUT2D eigenvalue weighted by Crippen LogP contribution is -2.59. The number of allylic oxidation sites excluding steroid dienone is 1. The third kappa shape index (κ3) is 5.75. The average molecular weight is 656 g/mol. The maximum Gasteiger partial charge on any atom is 0.313 e. The predicted molar refractivity (Wildman–Crippen MR) is 180 cm³/mol. The lowest BCUT2D eigenvalue weighted by atomic mass is 9.74. The molecule has 2 saturated heterocycles. The molecule has 2 aromatic carbocycles. The van der Waals surface area contributed by atoms with Gasteiger partial charge in [-0.15, -0.1) is 0 Å². The van der Waals surface area contributed by atoms with Crippen LogP contribution in [-0.2, 0) is 28.7 Å². The van der Waals surface area contributed by atoms with Gasteiger partial charge in [-0.1, -0.05) is 80.6 Å². The number of esters is 1. The second-order valence-electron chi connectivity index (χ2n) is 13.8. The maximum absolute atomic E-state index is 15.1. The molecule has 0 aliphatic carbocycles. The molecule has 0 aromatic heterocycles. The van der Waals surface area contributed by atoms with Gasteiger partial charge in [0.1, 0.15) is 23.7 Å².